The minimum Gasteiger partial charge on any atom is -0.206 e. The second kappa shape index (κ2) is 10.9. The van der Waals surface area contributed by atoms with E-state index in [9.17, 15) is 0 Å². The van der Waals surface area contributed by atoms with Crippen LogP contribution in [0.1, 0.15) is 13.8 Å². The molecule has 0 fully saturated rings. The van der Waals surface area contributed by atoms with Gasteiger partial charge in [0, 0.05) is 11.2 Å². The maximum atomic E-state index is 4.41. The Morgan fingerprint density at radius 2 is 1.92 bits per heavy atom. The summed E-state index contributed by atoms with van der Waals surface area (Å²) in [5, 5.41) is 6.70. The van der Waals surface area contributed by atoms with Crippen molar-refractivity contribution < 1.29 is 14.3 Å². The Hall–Kier alpha value is -1.09. The molecule has 0 spiro atoms. The first-order chi connectivity index (χ1) is 6.41. The summed E-state index contributed by atoms with van der Waals surface area (Å²) in [6.45, 7) is 3.89. The highest BCUT2D eigenvalue weighted by Crippen LogP contribution is 1.99. The van der Waals surface area contributed by atoms with Crippen molar-refractivity contribution in [1.82, 2.24) is 0 Å². The van der Waals surface area contributed by atoms with Crippen LogP contribution in [0, 0.1) is 34.9 Å². The highest BCUT2D eigenvalue weighted by atomic mass is 32.2. The molecule has 0 aliphatic carbocycles. The molecular weight excluding hydrogens is 188 g/mol. The highest BCUT2D eigenvalue weighted by molar-refractivity contribution is 7.99. The summed E-state index contributed by atoms with van der Waals surface area (Å²) in [7, 11) is 0. The van der Waals surface area contributed by atoms with Gasteiger partial charge in [-0.2, -0.15) is 0 Å². The molecule has 0 amide bonds. The zero-order valence-electron chi connectivity index (χ0n) is 7.34. The van der Waals surface area contributed by atoms with Crippen LogP contribution in [-0.2, 0) is 14.3 Å². The van der Waals surface area contributed by atoms with Crippen molar-refractivity contribution in [3.63, 3.8) is 0 Å². The van der Waals surface area contributed by atoms with Gasteiger partial charge in [0.25, 0.3) is 0 Å². The van der Waals surface area contributed by atoms with Crippen molar-refractivity contribution in [3.05, 3.63) is 0 Å². The molecule has 68 valence electrons. The molecule has 4 heteroatoms. The highest BCUT2D eigenvalue weighted by Gasteiger charge is 1.82. The molecule has 0 aliphatic heterocycles. The monoisotopic (exact) mass is 196 g/mol. The van der Waals surface area contributed by atoms with E-state index in [4.69, 9.17) is 0 Å². The third kappa shape index (κ3) is 10.9. The van der Waals surface area contributed by atoms with E-state index >= 15 is 0 Å². The van der Waals surface area contributed by atoms with E-state index in [-0.39, 0.29) is 0 Å². The molecule has 0 unspecified atom stereocenters. The summed E-state index contributed by atoms with van der Waals surface area (Å²) >= 11 is 0.792. The second-order valence-electron chi connectivity index (χ2n) is 1.48. The molecular formula is C9H8O3S. The zero-order valence-corrected chi connectivity index (χ0v) is 8.16. The molecule has 3 nitrogen and oxygen atoms in total. The third-order valence-electron chi connectivity index (χ3n) is 0.633. The fourth-order valence-corrected chi connectivity index (χ4v) is 0.464. The van der Waals surface area contributed by atoms with Crippen LogP contribution in [0.5, 0.6) is 0 Å². The van der Waals surface area contributed by atoms with Gasteiger partial charge in [0.1, 0.15) is 12.0 Å². The Labute approximate surface area is 82.2 Å². The summed E-state index contributed by atoms with van der Waals surface area (Å²) < 4.78 is 4.40. The van der Waals surface area contributed by atoms with Crippen LogP contribution in [0.2, 0.25) is 0 Å². The Bertz CT molecular complexity index is 292. The van der Waals surface area contributed by atoms with Gasteiger partial charge >= 0.3 is 0 Å². The van der Waals surface area contributed by atoms with Crippen LogP contribution >= 0.6 is 12.0 Å². The minimum absolute atomic E-state index is 0.417. The third-order valence-corrected chi connectivity index (χ3v) is 0.942. The SMILES string of the molecule is CC#CC#CC#CSOOOCC. The summed E-state index contributed by atoms with van der Waals surface area (Å²) in [4.78, 5) is 4.41. The van der Waals surface area contributed by atoms with Crippen molar-refractivity contribution in [2.24, 2.45) is 0 Å². The Kier molecular flexibility index (Phi) is 10.00. The van der Waals surface area contributed by atoms with E-state index in [2.05, 4.69) is 49.1 Å². The number of hydrogen-bond acceptors (Lipinski definition) is 4. The first-order valence-electron chi connectivity index (χ1n) is 3.45. The number of rotatable bonds is 4. The topological polar surface area (TPSA) is 27.7 Å². The molecule has 0 radical (unpaired) electrons. The summed E-state index contributed by atoms with van der Waals surface area (Å²) in [6, 6.07) is 0. The molecule has 0 atom stereocenters. The second-order valence-corrected chi connectivity index (χ2v) is 1.98. The largest absolute Gasteiger partial charge is 0.206 e. The summed E-state index contributed by atoms with van der Waals surface area (Å²) in [6.07, 6.45) is 0. The molecule has 0 N–H and O–H groups in total. The summed E-state index contributed by atoms with van der Waals surface area (Å²) in [5.74, 6) is 12.6. The lowest BCUT2D eigenvalue weighted by Crippen LogP contribution is -1.88. The molecule has 13 heavy (non-hydrogen) atoms. The van der Waals surface area contributed by atoms with E-state index in [1.807, 2.05) is 0 Å². The maximum Gasteiger partial charge on any atom is 0.125 e. The summed E-state index contributed by atoms with van der Waals surface area (Å²) in [5.41, 5.74) is 0. The van der Waals surface area contributed by atoms with Crippen LogP contribution in [0.3, 0.4) is 0 Å². The first kappa shape index (κ1) is 11.9. The van der Waals surface area contributed by atoms with Crippen LogP contribution in [-0.4, -0.2) is 6.61 Å². The van der Waals surface area contributed by atoms with Crippen molar-refractivity contribution in [2.45, 2.75) is 13.8 Å². The van der Waals surface area contributed by atoms with Crippen LogP contribution in [0.25, 0.3) is 0 Å². The predicted octanol–water partition coefficient (Wildman–Crippen LogP) is 1.52. The van der Waals surface area contributed by atoms with Gasteiger partial charge in [0.15, 0.2) is 0 Å². The van der Waals surface area contributed by atoms with Gasteiger partial charge in [0.05, 0.1) is 6.61 Å². The van der Waals surface area contributed by atoms with E-state index in [0.29, 0.717) is 6.61 Å². The standard InChI is InChI=1S/C9H8O3S/c1-3-5-6-7-8-9-13-12-11-10-4-2/h4H2,1-2H3. The average molecular weight is 196 g/mol. The van der Waals surface area contributed by atoms with Gasteiger partial charge < -0.3 is 0 Å². The van der Waals surface area contributed by atoms with Crippen LogP contribution in [0.4, 0.5) is 0 Å². The van der Waals surface area contributed by atoms with Gasteiger partial charge in [-0.1, -0.05) is 11.0 Å². The van der Waals surface area contributed by atoms with Gasteiger partial charge in [-0.3, -0.25) is 0 Å². The molecule has 0 saturated carbocycles. The van der Waals surface area contributed by atoms with Crippen LogP contribution < -0.4 is 0 Å². The van der Waals surface area contributed by atoms with Gasteiger partial charge in [-0.15, -0.1) is 4.33 Å². The van der Waals surface area contributed by atoms with Crippen molar-refractivity contribution >= 4 is 12.0 Å². The maximum absolute atomic E-state index is 4.41. The van der Waals surface area contributed by atoms with Crippen molar-refractivity contribution in [3.8, 4) is 34.9 Å². The Balaban J connectivity index is 3.40. The van der Waals surface area contributed by atoms with Crippen LogP contribution in [0.15, 0.2) is 0 Å². The van der Waals surface area contributed by atoms with Gasteiger partial charge in [0.2, 0.25) is 0 Å². The molecule has 0 heterocycles. The fourth-order valence-electron chi connectivity index (χ4n) is 0.270. The Morgan fingerprint density at radius 3 is 2.62 bits per heavy atom. The molecule has 0 saturated heterocycles. The molecule has 0 bridgehead atoms. The number of hydrogen-bond donors (Lipinski definition) is 0. The normalized spacial score (nSPS) is 6.92. The van der Waals surface area contributed by atoms with E-state index in [0.717, 1.165) is 12.0 Å². The lowest BCUT2D eigenvalue weighted by atomic mass is 10.5. The van der Waals surface area contributed by atoms with E-state index < -0.39 is 0 Å². The van der Waals surface area contributed by atoms with Crippen molar-refractivity contribution in [1.29, 1.82) is 0 Å². The average Bonchev–Trinajstić information content (AvgIpc) is 2.16. The quantitative estimate of drug-likeness (QED) is 0.224. The van der Waals surface area contributed by atoms with Gasteiger partial charge in [-0.05, 0) is 31.6 Å². The molecule has 0 aromatic rings. The molecule has 0 aromatic heterocycles. The molecule has 0 aliphatic rings. The first-order valence-corrected chi connectivity index (χ1v) is 4.19. The van der Waals surface area contributed by atoms with Crippen molar-refractivity contribution in [2.75, 3.05) is 6.61 Å². The minimum atomic E-state index is 0.417. The Morgan fingerprint density at radius 1 is 1.15 bits per heavy atom. The lowest BCUT2D eigenvalue weighted by molar-refractivity contribution is -0.458. The van der Waals surface area contributed by atoms with Gasteiger partial charge in [-0.25, -0.2) is 4.89 Å². The molecule has 0 aromatic carbocycles. The predicted molar refractivity (Wildman–Crippen MR) is 50.4 cm³/mol. The molecule has 0 rings (SSSR count). The van der Waals surface area contributed by atoms with E-state index in [1.165, 1.54) is 0 Å². The lowest BCUT2D eigenvalue weighted by Gasteiger charge is -1.92. The fraction of sp³-hybridized carbons (Fsp3) is 0.333. The zero-order chi connectivity index (χ0) is 9.78. The van der Waals surface area contributed by atoms with E-state index in [1.54, 1.807) is 13.8 Å². The smallest absolute Gasteiger partial charge is 0.125 e.